The molecule has 0 atom stereocenters. The quantitative estimate of drug-likeness (QED) is 0.642. The predicted molar refractivity (Wildman–Crippen MR) is 109 cm³/mol. The van der Waals surface area contributed by atoms with Gasteiger partial charge in [0.2, 0.25) is 0 Å². The Hall–Kier alpha value is -2.37. The van der Waals surface area contributed by atoms with Gasteiger partial charge in [0.25, 0.3) is 5.91 Å². The Balaban J connectivity index is 1.31. The minimum Gasteiger partial charge on any atom is -0.484 e. The number of carbonyl (C=O) groups excluding carboxylic acids is 1. The minimum atomic E-state index is -0.214. The second kappa shape index (κ2) is 8.11. The third kappa shape index (κ3) is 4.49. The third-order valence-electron chi connectivity index (χ3n) is 4.56. The topological polar surface area (TPSA) is 51.2 Å². The van der Waals surface area contributed by atoms with E-state index in [-0.39, 0.29) is 12.5 Å². The number of hydrogen-bond acceptors (Lipinski definition) is 4. The lowest BCUT2D eigenvalue weighted by atomic mass is 10.1. The normalized spacial score (nSPS) is 12.6. The molecule has 4 nitrogen and oxygen atoms in total. The van der Waals surface area contributed by atoms with E-state index in [2.05, 4.69) is 16.4 Å². The lowest BCUT2D eigenvalue weighted by molar-refractivity contribution is -0.118. The van der Waals surface area contributed by atoms with E-state index in [0.29, 0.717) is 11.6 Å². The van der Waals surface area contributed by atoms with E-state index >= 15 is 0 Å². The van der Waals surface area contributed by atoms with Crippen LogP contribution < -0.4 is 10.1 Å². The summed E-state index contributed by atoms with van der Waals surface area (Å²) in [6, 6.07) is 13.8. The van der Waals surface area contributed by atoms with Crippen LogP contribution in [0.1, 0.15) is 28.0 Å². The maximum absolute atomic E-state index is 12.2. The molecule has 0 bridgehead atoms. The highest BCUT2D eigenvalue weighted by Crippen LogP contribution is 2.26. The molecule has 27 heavy (non-hydrogen) atoms. The molecule has 1 N–H and O–H groups in total. The van der Waals surface area contributed by atoms with Gasteiger partial charge in [-0.1, -0.05) is 35.9 Å². The van der Waals surface area contributed by atoms with Crippen LogP contribution in [0.3, 0.4) is 0 Å². The van der Waals surface area contributed by atoms with Gasteiger partial charge in [0, 0.05) is 22.5 Å². The third-order valence-corrected chi connectivity index (χ3v) is 5.84. The maximum atomic E-state index is 12.2. The van der Waals surface area contributed by atoms with Crippen LogP contribution in [0, 0.1) is 0 Å². The smallest absolute Gasteiger partial charge is 0.264 e. The van der Waals surface area contributed by atoms with Gasteiger partial charge in [-0.3, -0.25) is 10.1 Å². The lowest BCUT2D eigenvalue weighted by Crippen LogP contribution is -2.20. The predicted octanol–water partition coefficient (Wildman–Crippen LogP) is 4.89. The highest BCUT2D eigenvalue weighted by Gasteiger charge is 2.13. The first-order chi connectivity index (χ1) is 13.2. The van der Waals surface area contributed by atoms with Gasteiger partial charge < -0.3 is 4.74 Å². The van der Waals surface area contributed by atoms with E-state index in [1.165, 1.54) is 28.9 Å². The molecule has 138 valence electrons. The van der Waals surface area contributed by atoms with Crippen molar-refractivity contribution < 1.29 is 9.53 Å². The van der Waals surface area contributed by atoms with Crippen LogP contribution >= 0.6 is 22.9 Å². The SMILES string of the molecule is O=C(COc1ccc2c(c1)CCC2)Nc1ncc(Cc2ccccc2Cl)s1. The molecule has 4 rings (SSSR count). The van der Waals surface area contributed by atoms with E-state index < -0.39 is 0 Å². The van der Waals surface area contributed by atoms with Gasteiger partial charge in [-0.25, -0.2) is 4.98 Å². The summed E-state index contributed by atoms with van der Waals surface area (Å²) in [5.74, 6) is 0.526. The first-order valence-corrected chi connectivity index (χ1v) is 10.1. The summed E-state index contributed by atoms with van der Waals surface area (Å²) >= 11 is 7.64. The Kier molecular flexibility index (Phi) is 5.41. The summed E-state index contributed by atoms with van der Waals surface area (Å²) in [7, 11) is 0. The van der Waals surface area contributed by atoms with E-state index in [9.17, 15) is 4.79 Å². The van der Waals surface area contributed by atoms with Gasteiger partial charge in [0.15, 0.2) is 11.7 Å². The van der Waals surface area contributed by atoms with Crippen LogP contribution in [-0.2, 0) is 24.1 Å². The first kappa shape index (κ1) is 18.0. The Morgan fingerprint density at radius 1 is 1.19 bits per heavy atom. The Labute approximate surface area is 167 Å². The van der Waals surface area contributed by atoms with Crippen LogP contribution in [-0.4, -0.2) is 17.5 Å². The largest absolute Gasteiger partial charge is 0.484 e. The molecule has 1 amide bonds. The van der Waals surface area contributed by atoms with Crippen molar-refractivity contribution in [3.05, 3.63) is 75.3 Å². The van der Waals surface area contributed by atoms with Crippen LogP contribution in [0.5, 0.6) is 5.75 Å². The highest BCUT2D eigenvalue weighted by atomic mass is 35.5. The van der Waals surface area contributed by atoms with Crippen LogP contribution in [0.15, 0.2) is 48.7 Å². The van der Waals surface area contributed by atoms with E-state index in [4.69, 9.17) is 16.3 Å². The maximum Gasteiger partial charge on any atom is 0.264 e. The number of amides is 1. The lowest BCUT2D eigenvalue weighted by Gasteiger charge is -2.07. The van der Waals surface area contributed by atoms with Crippen molar-refractivity contribution in [1.29, 1.82) is 0 Å². The molecule has 0 saturated carbocycles. The molecule has 2 aromatic carbocycles. The average Bonchev–Trinajstić information content (AvgIpc) is 3.30. The van der Waals surface area contributed by atoms with Gasteiger partial charge in [-0.15, -0.1) is 11.3 Å². The number of anilines is 1. The Morgan fingerprint density at radius 2 is 2.04 bits per heavy atom. The van der Waals surface area contributed by atoms with Gasteiger partial charge in [0.1, 0.15) is 5.75 Å². The molecule has 1 aliphatic carbocycles. The number of hydrogen-bond donors (Lipinski definition) is 1. The molecule has 0 radical (unpaired) electrons. The number of nitrogens with one attached hydrogen (secondary N) is 1. The summed E-state index contributed by atoms with van der Waals surface area (Å²) in [5, 5.41) is 4.10. The molecule has 0 unspecified atom stereocenters. The fraction of sp³-hybridized carbons (Fsp3) is 0.238. The van der Waals surface area contributed by atoms with Crippen molar-refractivity contribution in [2.24, 2.45) is 0 Å². The molecule has 6 heteroatoms. The average molecular weight is 399 g/mol. The van der Waals surface area contributed by atoms with Crippen molar-refractivity contribution in [2.45, 2.75) is 25.7 Å². The molecule has 0 fully saturated rings. The van der Waals surface area contributed by atoms with Gasteiger partial charge in [-0.2, -0.15) is 0 Å². The van der Waals surface area contributed by atoms with Crippen molar-refractivity contribution in [2.75, 3.05) is 11.9 Å². The van der Waals surface area contributed by atoms with Crippen molar-refractivity contribution in [1.82, 2.24) is 4.98 Å². The second-order valence-corrected chi connectivity index (χ2v) is 8.04. The summed E-state index contributed by atoms with van der Waals surface area (Å²) < 4.78 is 5.63. The molecule has 3 aromatic rings. The van der Waals surface area contributed by atoms with Crippen LogP contribution in [0.4, 0.5) is 5.13 Å². The zero-order valence-corrected chi connectivity index (χ0v) is 16.3. The van der Waals surface area contributed by atoms with Crippen molar-refractivity contribution >= 4 is 34.0 Å². The Morgan fingerprint density at radius 3 is 2.93 bits per heavy atom. The first-order valence-electron chi connectivity index (χ1n) is 8.90. The molecule has 0 saturated heterocycles. The van der Waals surface area contributed by atoms with E-state index in [1.54, 1.807) is 6.20 Å². The zero-order chi connectivity index (χ0) is 18.6. The number of ether oxygens (including phenoxy) is 1. The van der Waals surface area contributed by atoms with Crippen molar-refractivity contribution in [3.8, 4) is 5.75 Å². The Bertz CT molecular complexity index is 970. The number of halogens is 1. The molecular weight excluding hydrogens is 380 g/mol. The van der Waals surface area contributed by atoms with Crippen molar-refractivity contribution in [3.63, 3.8) is 0 Å². The molecule has 1 heterocycles. The summed E-state index contributed by atoms with van der Waals surface area (Å²) in [6.07, 6.45) is 5.88. The van der Waals surface area contributed by atoms with Gasteiger partial charge in [0.05, 0.1) is 0 Å². The van der Waals surface area contributed by atoms with Gasteiger partial charge >= 0.3 is 0 Å². The molecule has 0 aliphatic heterocycles. The summed E-state index contributed by atoms with van der Waals surface area (Å²) in [6.45, 7) is -0.0296. The van der Waals surface area contributed by atoms with Crippen LogP contribution in [0.2, 0.25) is 5.02 Å². The fourth-order valence-electron chi connectivity index (χ4n) is 3.22. The second-order valence-electron chi connectivity index (χ2n) is 6.52. The number of rotatable bonds is 6. The molecule has 1 aromatic heterocycles. The number of fused-ring (bicyclic) bond motifs is 1. The van der Waals surface area contributed by atoms with Crippen LogP contribution in [0.25, 0.3) is 0 Å². The number of carbonyl (C=O) groups is 1. The van der Waals surface area contributed by atoms with E-state index in [0.717, 1.165) is 34.1 Å². The fourth-order valence-corrected chi connectivity index (χ4v) is 4.27. The zero-order valence-electron chi connectivity index (χ0n) is 14.7. The minimum absolute atomic E-state index is 0.0296. The molecule has 0 spiro atoms. The number of aromatic nitrogens is 1. The number of benzene rings is 2. The number of nitrogens with zero attached hydrogens (tertiary/aromatic N) is 1. The van der Waals surface area contributed by atoms with Gasteiger partial charge in [-0.05, 0) is 54.2 Å². The standard InChI is InChI=1S/C21H19ClN2O2S/c22-19-7-2-1-4-16(19)11-18-12-23-21(27-18)24-20(25)13-26-17-9-8-14-5-3-6-15(14)10-17/h1-2,4,7-10,12H,3,5-6,11,13H2,(H,23,24,25). The number of thiazole rings is 1. The summed E-state index contributed by atoms with van der Waals surface area (Å²) in [5.41, 5.74) is 3.76. The van der Waals surface area contributed by atoms with E-state index in [1.807, 2.05) is 36.4 Å². The molecular formula is C21H19ClN2O2S. The molecule has 1 aliphatic rings. The monoisotopic (exact) mass is 398 g/mol. The number of aryl methyl sites for hydroxylation is 2. The summed E-state index contributed by atoms with van der Waals surface area (Å²) in [4.78, 5) is 17.5. The highest BCUT2D eigenvalue weighted by molar-refractivity contribution is 7.15.